The second kappa shape index (κ2) is 7.91. The van der Waals surface area contributed by atoms with Crippen molar-refractivity contribution in [2.75, 3.05) is 18.9 Å². The maximum absolute atomic E-state index is 12.0. The minimum atomic E-state index is -0.787. The summed E-state index contributed by atoms with van der Waals surface area (Å²) in [5.41, 5.74) is 5.81. The molecular formula is C17H16N2O6. The Hall–Kier alpha value is -3.42. The van der Waals surface area contributed by atoms with Gasteiger partial charge < -0.3 is 15.2 Å². The highest BCUT2D eigenvalue weighted by atomic mass is 16.6. The lowest BCUT2D eigenvalue weighted by Gasteiger charge is -2.10. The van der Waals surface area contributed by atoms with Crippen molar-refractivity contribution < 1.29 is 24.0 Å². The van der Waals surface area contributed by atoms with Crippen LogP contribution in [-0.4, -0.2) is 29.9 Å². The third-order valence-corrected chi connectivity index (χ3v) is 3.31. The highest BCUT2D eigenvalue weighted by Crippen LogP contribution is 2.21. The fraction of sp³-hybridized carbons (Fsp3) is 0.176. The Kier molecular flexibility index (Phi) is 5.67. The monoisotopic (exact) mass is 344 g/mol. The van der Waals surface area contributed by atoms with Crippen molar-refractivity contribution in [3.63, 3.8) is 0 Å². The first-order valence-corrected chi connectivity index (χ1v) is 7.34. The number of nitro benzene ring substituents is 1. The van der Waals surface area contributed by atoms with E-state index in [1.165, 1.54) is 19.1 Å². The van der Waals surface area contributed by atoms with Crippen LogP contribution in [0.15, 0.2) is 42.5 Å². The Morgan fingerprint density at radius 1 is 1.12 bits per heavy atom. The molecule has 0 heterocycles. The van der Waals surface area contributed by atoms with Crippen molar-refractivity contribution in [1.29, 1.82) is 0 Å². The quantitative estimate of drug-likeness (QED) is 0.204. The number of nitrogen functional groups attached to an aromatic ring is 1. The van der Waals surface area contributed by atoms with E-state index in [1.54, 1.807) is 24.3 Å². The molecule has 0 aliphatic carbocycles. The van der Waals surface area contributed by atoms with E-state index in [1.807, 2.05) is 0 Å². The number of para-hydroxylation sites is 1. The predicted octanol–water partition coefficient (Wildman–Crippen LogP) is 2.62. The molecule has 0 unspecified atom stereocenters. The molecule has 0 saturated carbocycles. The fourth-order valence-electron chi connectivity index (χ4n) is 2.08. The molecule has 0 fully saturated rings. The number of ketones is 1. The summed E-state index contributed by atoms with van der Waals surface area (Å²) in [5.74, 6) is -0.539. The first-order chi connectivity index (χ1) is 11.9. The summed E-state index contributed by atoms with van der Waals surface area (Å²) in [6.07, 6.45) is 0. The van der Waals surface area contributed by atoms with Crippen LogP contribution >= 0.6 is 0 Å². The summed E-state index contributed by atoms with van der Waals surface area (Å²) < 4.78 is 10.5. The van der Waals surface area contributed by atoms with Gasteiger partial charge in [-0.1, -0.05) is 12.1 Å². The zero-order chi connectivity index (χ0) is 18.4. The van der Waals surface area contributed by atoms with Crippen LogP contribution in [0.4, 0.5) is 11.4 Å². The van der Waals surface area contributed by atoms with E-state index in [4.69, 9.17) is 15.2 Å². The van der Waals surface area contributed by atoms with Crippen LogP contribution in [0.5, 0.6) is 5.75 Å². The van der Waals surface area contributed by atoms with Crippen LogP contribution in [0.3, 0.4) is 0 Å². The number of Topliss-reactive ketones (excluding diaryl/α,β-unsaturated/α-hetero) is 1. The third-order valence-electron chi connectivity index (χ3n) is 3.31. The average molecular weight is 344 g/mol. The first-order valence-electron chi connectivity index (χ1n) is 7.34. The molecule has 0 aliphatic rings. The molecule has 2 aromatic rings. The Bertz CT molecular complexity index is 819. The maximum Gasteiger partial charge on any atom is 0.340 e. The second-order valence-corrected chi connectivity index (χ2v) is 5.07. The number of nitro groups is 1. The number of nitrogens with zero attached hydrogens (tertiary/aromatic N) is 1. The van der Waals surface area contributed by atoms with Gasteiger partial charge in [0.05, 0.1) is 16.1 Å². The van der Waals surface area contributed by atoms with Gasteiger partial charge in [0.25, 0.3) is 5.69 Å². The predicted molar refractivity (Wildman–Crippen MR) is 89.7 cm³/mol. The lowest BCUT2D eigenvalue weighted by molar-refractivity contribution is -0.384. The van der Waals surface area contributed by atoms with Crippen molar-refractivity contribution in [3.8, 4) is 5.75 Å². The number of anilines is 1. The van der Waals surface area contributed by atoms with E-state index in [-0.39, 0.29) is 35.9 Å². The Balaban J connectivity index is 1.95. The molecule has 130 valence electrons. The Morgan fingerprint density at radius 2 is 1.84 bits per heavy atom. The molecule has 0 radical (unpaired) electrons. The first kappa shape index (κ1) is 17.9. The van der Waals surface area contributed by atoms with E-state index in [9.17, 15) is 19.7 Å². The normalized spacial score (nSPS) is 10.1. The number of hydrogen-bond acceptors (Lipinski definition) is 7. The molecule has 2 aromatic carbocycles. The number of hydrogen-bond donors (Lipinski definition) is 1. The summed E-state index contributed by atoms with van der Waals surface area (Å²) >= 11 is 0. The summed E-state index contributed by atoms with van der Waals surface area (Å²) in [4.78, 5) is 33.6. The topological polar surface area (TPSA) is 122 Å². The number of nitrogens with two attached hydrogens (primary N) is 1. The molecule has 0 bridgehead atoms. The number of carbonyl (C=O) groups is 2. The molecule has 0 atom stereocenters. The van der Waals surface area contributed by atoms with Crippen LogP contribution in [0.1, 0.15) is 27.6 Å². The van der Waals surface area contributed by atoms with Gasteiger partial charge in [-0.25, -0.2) is 4.79 Å². The van der Waals surface area contributed by atoms with Gasteiger partial charge >= 0.3 is 5.97 Å². The summed E-state index contributed by atoms with van der Waals surface area (Å²) in [6, 6.07) is 10.2. The van der Waals surface area contributed by atoms with Crippen LogP contribution < -0.4 is 10.5 Å². The molecule has 2 rings (SSSR count). The molecule has 0 aromatic heterocycles. The summed E-state index contributed by atoms with van der Waals surface area (Å²) in [6.45, 7) is 1.34. The standard InChI is InChI=1S/C17H16N2O6/c1-11(20)13-4-2-3-5-16(13)24-8-9-25-17(21)14-10-12(19(22)23)6-7-15(14)18/h2-7,10H,8-9,18H2,1H3. The van der Waals surface area contributed by atoms with Crippen molar-refractivity contribution >= 4 is 23.1 Å². The number of non-ortho nitro benzene ring substituents is 1. The molecule has 0 spiro atoms. The fourth-order valence-corrected chi connectivity index (χ4v) is 2.08. The number of benzene rings is 2. The van der Waals surface area contributed by atoms with Gasteiger partial charge in [0.1, 0.15) is 19.0 Å². The van der Waals surface area contributed by atoms with Crippen molar-refractivity contribution in [2.45, 2.75) is 6.92 Å². The lowest BCUT2D eigenvalue weighted by Crippen LogP contribution is -2.14. The molecule has 2 N–H and O–H groups in total. The second-order valence-electron chi connectivity index (χ2n) is 5.07. The van der Waals surface area contributed by atoms with Crippen molar-refractivity contribution in [3.05, 3.63) is 63.7 Å². The van der Waals surface area contributed by atoms with Gasteiger partial charge in [-0.2, -0.15) is 0 Å². The van der Waals surface area contributed by atoms with Gasteiger partial charge in [-0.3, -0.25) is 14.9 Å². The van der Waals surface area contributed by atoms with E-state index < -0.39 is 10.9 Å². The molecule has 0 amide bonds. The van der Waals surface area contributed by atoms with E-state index in [0.29, 0.717) is 11.3 Å². The zero-order valence-electron chi connectivity index (χ0n) is 13.4. The molecule has 0 saturated heterocycles. The SMILES string of the molecule is CC(=O)c1ccccc1OCCOC(=O)c1cc([N+](=O)[O-])ccc1N. The Morgan fingerprint density at radius 3 is 2.52 bits per heavy atom. The van der Waals surface area contributed by atoms with Crippen LogP contribution in [-0.2, 0) is 4.74 Å². The van der Waals surface area contributed by atoms with Crippen molar-refractivity contribution in [2.24, 2.45) is 0 Å². The van der Waals surface area contributed by atoms with Gasteiger partial charge in [-0.15, -0.1) is 0 Å². The van der Waals surface area contributed by atoms with E-state index >= 15 is 0 Å². The number of esters is 1. The van der Waals surface area contributed by atoms with Gasteiger partial charge in [0.2, 0.25) is 0 Å². The largest absolute Gasteiger partial charge is 0.489 e. The zero-order valence-corrected chi connectivity index (χ0v) is 13.4. The van der Waals surface area contributed by atoms with Crippen LogP contribution in [0.25, 0.3) is 0 Å². The molecule has 25 heavy (non-hydrogen) atoms. The van der Waals surface area contributed by atoms with Crippen LogP contribution in [0, 0.1) is 10.1 Å². The van der Waals surface area contributed by atoms with Gasteiger partial charge in [-0.05, 0) is 25.1 Å². The molecule has 8 nitrogen and oxygen atoms in total. The van der Waals surface area contributed by atoms with Gasteiger partial charge in [0, 0.05) is 17.8 Å². The van der Waals surface area contributed by atoms with E-state index in [0.717, 1.165) is 6.07 Å². The number of carbonyl (C=O) groups excluding carboxylic acids is 2. The molecular weight excluding hydrogens is 328 g/mol. The Labute approximate surface area is 143 Å². The smallest absolute Gasteiger partial charge is 0.340 e. The van der Waals surface area contributed by atoms with Crippen LogP contribution in [0.2, 0.25) is 0 Å². The number of rotatable bonds is 7. The summed E-state index contributed by atoms with van der Waals surface area (Å²) in [5, 5.41) is 10.8. The average Bonchev–Trinajstić information content (AvgIpc) is 2.58. The number of ether oxygens (including phenoxy) is 2. The highest BCUT2D eigenvalue weighted by Gasteiger charge is 2.16. The molecule has 8 heteroatoms. The highest BCUT2D eigenvalue weighted by molar-refractivity contribution is 5.97. The maximum atomic E-state index is 12.0. The van der Waals surface area contributed by atoms with E-state index in [2.05, 4.69) is 0 Å². The third kappa shape index (κ3) is 4.54. The summed E-state index contributed by atoms with van der Waals surface area (Å²) in [7, 11) is 0. The van der Waals surface area contributed by atoms with Gasteiger partial charge in [0.15, 0.2) is 5.78 Å². The lowest BCUT2D eigenvalue weighted by atomic mass is 10.1. The van der Waals surface area contributed by atoms with Crippen molar-refractivity contribution in [1.82, 2.24) is 0 Å². The molecule has 0 aliphatic heterocycles. The minimum absolute atomic E-state index is 0.0187. The minimum Gasteiger partial charge on any atom is -0.489 e.